The topological polar surface area (TPSA) is 65.1 Å². The Bertz CT molecular complexity index is 514. The highest BCUT2D eigenvalue weighted by Gasteiger charge is 2.33. The predicted molar refractivity (Wildman–Crippen MR) is 109 cm³/mol. The van der Waals surface area contributed by atoms with Crippen LogP contribution in [-0.2, 0) is 14.3 Å². The molecule has 7 nitrogen and oxygen atoms in total. The van der Waals surface area contributed by atoms with Gasteiger partial charge in [-0.2, -0.15) is 0 Å². The first-order valence-corrected chi connectivity index (χ1v) is 11.1. The van der Waals surface area contributed by atoms with Crippen LogP contribution in [0.4, 0.5) is 0 Å². The molecule has 3 heterocycles. The van der Waals surface area contributed by atoms with Gasteiger partial charge in [-0.3, -0.25) is 19.4 Å². The van der Waals surface area contributed by atoms with E-state index in [1.165, 1.54) is 0 Å². The van der Waals surface area contributed by atoms with Crippen molar-refractivity contribution in [1.82, 2.24) is 20.0 Å². The van der Waals surface area contributed by atoms with Crippen molar-refractivity contribution in [1.29, 1.82) is 0 Å². The highest BCUT2D eigenvalue weighted by atomic mass is 16.5. The van der Waals surface area contributed by atoms with E-state index in [-0.39, 0.29) is 17.9 Å². The maximum Gasteiger partial charge on any atom is 0.237 e. The molecular formula is C21H38N4O3. The Morgan fingerprint density at radius 1 is 1.14 bits per heavy atom. The molecule has 2 amide bonds. The third kappa shape index (κ3) is 6.16. The summed E-state index contributed by atoms with van der Waals surface area (Å²) in [6, 6.07) is -0.300. The Labute approximate surface area is 169 Å². The predicted octanol–water partition coefficient (Wildman–Crippen LogP) is 0.794. The number of nitrogens with one attached hydrogen (secondary N) is 1. The molecule has 0 spiro atoms. The average Bonchev–Trinajstić information content (AvgIpc) is 2.69. The Balaban J connectivity index is 1.45. The molecule has 7 heteroatoms. The molecule has 160 valence electrons. The lowest BCUT2D eigenvalue weighted by atomic mass is 9.95. The van der Waals surface area contributed by atoms with E-state index >= 15 is 0 Å². The number of morpholine rings is 1. The van der Waals surface area contributed by atoms with E-state index < -0.39 is 0 Å². The number of piperidine rings is 1. The first kappa shape index (κ1) is 21.5. The van der Waals surface area contributed by atoms with Gasteiger partial charge < -0.3 is 15.0 Å². The fraction of sp³-hybridized carbons (Fsp3) is 0.905. The molecule has 3 rings (SSSR count). The maximum atomic E-state index is 12.9. The summed E-state index contributed by atoms with van der Waals surface area (Å²) in [7, 11) is 0. The van der Waals surface area contributed by atoms with Gasteiger partial charge in [0.1, 0.15) is 0 Å². The van der Waals surface area contributed by atoms with Gasteiger partial charge in [0, 0.05) is 45.8 Å². The first-order chi connectivity index (χ1) is 13.5. The van der Waals surface area contributed by atoms with E-state index in [1.54, 1.807) is 0 Å². The van der Waals surface area contributed by atoms with E-state index in [2.05, 4.69) is 29.0 Å². The lowest BCUT2D eigenvalue weighted by Crippen LogP contribution is -2.57. The second kappa shape index (κ2) is 10.6. The molecule has 0 aromatic heterocycles. The number of nitrogens with zero attached hydrogens (tertiary/aromatic N) is 3. The van der Waals surface area contributed by atoms with Gasteiger partial charge in [-0.05, 0) is 37.6 Å². The summed E-state index contributed by atoms with van der Waals surface area (Å²) in [4.78, 5) is 32.0. The maximum absolute atomic E-state index is 12.9. The largest absolute Gasteiger partial charge is 0.379 e. The molecular weight excluding hydrogens is 356 g/mol. The molecule has 0 aromatic rings. The lowest BCUT2D eigenvalue weighted by Gasteiger charge is -2.38. The molecule has 1 N–H and O–H groups in total. The zero-order valence-electron chi connectivity index (χ0n) is 17.7. The van der Waals surface area contributed by atoms with Gasteiger partial charge in [0.25, 0.3) is 0 Å². The second-order valence-corrected chi connectivity index (χ2v) is 8.97. The van der Waals surface area contributed by atoms with Crippen LogP contribution < -0.4 is 5.32 Å². The minimum Gasteiger partial charge on any atom is -0.379 e. The lowest BCUT2D eigenvalue weighted by molar-refractivity contribution is -0.139. The van der Waals surface area contributed by atoms with Crippen molar-refractivity contribution in [2.24, 2.45) is 11.8 Å². The SMILES string of the molecule is CC(C)CCN1CCNC(=O)C1CC(=O)N1CCC(CN2CCOCC2)CC1. The Morgan fingerprint density at radius 3 is 2.54 bits per heavy atom. The van der Waals surface area contributed by atoms with Crippen molar-refractivity contribution < 1.29 is 14.3 Å². The second-order valence-electron chi connectivity index (χ2n) is 8.97. The van der Waals surface area contributed by atoms with Gasteiger partial charge in [-0.15, -0.1) is 0 Å². The van der Waals surface area contributed by atoms with Crippen molar-refractivity contribution in [3.05, 3.63) is 0 Å². The molecule has 0 saturated carbocycles. The van der Waals surface area contributed by atoms with E-state index in [4.69, 9.17) is 4.74 Å². The van der Waals surface area contributed by atoms with E-state index in [0.29, 0.717) is 24.8 Å². The van der Waals surface area contributed by atoms with Crippen molar-refractivity contribution >= 4 is 11.8 Å². The normalized spacial score (nSPS) is 25.9. The highest BCUT2D eigenvalue weighted by Crippen LogP contribution is 2.21. The molecule has 3 fully saturated rings. The van der Waals surface area contributed by atoms with Crippen molar-refractivity contribution in [2.75, 3.05) is 65.6 Å². The number of ether oxygens (including phenoxy) is 1. The van der Waals surface area contributed by atoms with Gasteiger partial charge >= 0.3 is 0 Å². The van der Waals surface area contributed by atoms with Crippen LogP contribution in [0.3, 0.4) is 0 Å². The molecule has 3 aliphatic heterocycles. The molecule has 0 bridgehead atoms. The van der Waals surface area contributed by atoms with Gasteiger partial charge in [0.15, 0.2) is 0 Å². The van der Waals surface area contributed by atoms with Crippen LogP contribution in [0.5, 0.6) is 0 Å². The van der Waals surface area contributed by atoms with Crippen LogP contribution in [0.15, 0.2) is 0 Å². The molecule has 0 aliphatic carbocycles. The monoisotopic (exact) mass is 394 g/mol. The van der Waals surface area contributed by atoms with Crippen LogP contribution in [0.1, 0.15) is 39.5 Å². The summed E-state index contributed by atoms with van der Waals surface area (Å²) in [6.07, 6.45) is 3.51. The average molecular weight is 395 g/mol. The summed E-state index contributed by atoms with van der Waals surface area (Å²) in [6.45, 7) is 13.3. The minimum absolute atomic E-state index is 0.0190. The summed E-state index contributed by atoms with van der Waals surface area (Å²) < 4.78 is 5.43. The van der Waals surface area contributed by atoms with Gasteiger partial charge in [0.2, 0.25) is 11.8 Å². The fourth-order valence-corrected chi connectivity index (χ4v) is 4.48. The molecule has 3 saturated heterocycles. The van der Waals surface area contributed by atoms with Crippen LogP contribution in [0.25, 0.3) is 0 Å². The van der Waals surface area contributed by atoms with Crippen molar-refractivity contribution in [3.8, 4) is 0 Å². The summed E-state index contributed by atoms with van der Waals surface area (Å²) in [5, 5.41) is 2.94. The standard InChI is InChI=1S/C21H38N4O3/c1-17(2)3-7-24-10-6-22-21(27)19(24)15-20(26)25-8-4-18(5-9-25)16-23-11-13-28-14-12-23/h17-19H,3-16H2,1-2H3,(H,22,27). The smallest absolute Gasteiger partial charge is 0.237 e. The van der Waals surface area contributed by atoms with Crippen LogP contribution in [0.2, 0.25) is 0 Å². The minimum atomic E-state index is -0.300. The molecule has 1 atom stereocenters. The third-order valence-electron chi connectivity index (χ3n) is 6.39. The number of piperazine rings is 1. The number of likely N-dealkylation sites (tertiary alicyclic amines) is 1. The summed E-state index contributed by atoms with van der Waals surface area (Å²) in [5.41, 5.74) is 0. The van der Waals surface area contributed by atoms with Gasteiger partial charge in [0.05, 0.1) is 25.7 Å². The number of carbonyl (C=O) groups excluding carboxylic acids is 2. The van der Waals surface area contributed by atoms with Crippen molar-refractivity contribution in [3.63, 3.8) is 0 Å². The fourth-order valence-electron chi connectivity index (χ4n) is 4.48. The van der Waals surface area contributed by atoms with Crippen LogP contribution in [-0.4, -0.2) is 98.1 Å². The molecule has 0 aromatic carbocycles. The number of hydrogen-bond donors (Lipinski definition) is 1. The molecule has 1 unspecified atom stereocenters. The van der Waals surface area contributed by atoms with E-state index in [1.807, 2.05) is 4.90 Å². The van der Waals surface area contributed by atoms with Gasteiger partial charge in [-0.1, -0.05) is 13.8 Å². The van der Waals surface area contributed by atoms with Crippen molar-refractivity contribution in [2.45, 2.75) is 45.6 Å². The first-order valence-electron chi connectivity index (χ1n) is 11.1. The van der Waals surface area contributed by atoms with Gasteiger partial charge in [-0.25, -0.2) is 0 Å². The zero-order chi connectivity index (χ0) is 19.9. The number of carbonyl (C=O) groups is 2. The van der Waals surface area contributed by atoms with E-state index in [0.717, 1.165) is 78.3 Å². The van der Waals surface area contributed by atoms with Crippen LogP contribution in [0, 0.1) is 11.8 Å². The number of hydrogen-bond acceptors (Lipinski definition) is 5. The summed E-state index contributed by atoms with van der Waals surface area (Å²) >= 11 is 0. The molecule has 0 radical (unpaired) electrons. The molecule has 28 heavy (non-hydrogen) atoms. The third-order valence-corrected chi connectivity index (χ3v) is 6.39. The highest BCUT2D eigenvalue weighted by molar-refractivity contribution is 5.88. The summed E-state index contributed by atoms with van der Waals surface area (Å²) in [5.74, 6) is 1.43. The van der Waals surface area contributed by atoms with Crippen LogP contribution >= 0.6 is 0 Å². The van der Waals surface area contributed by atoms with E-state index in [9.17, 15) is 9.59 Å². The zero-order valence-corrected chi connectivity index (χ0v) is 17.7. The number of rotatable bonds is 7. The quantitative estimate of drug-likeness (QED) is 0.692. The number of amides is 2. The Hall–Kier alpha value is -1.18. The Morgan fingerprint density at radius 2 is 1.86 bits per heavy atom. The Kier molecular flexibility index (Phi) is 8.11. The molecule has 3 aliphatic rings.